The Morgan fingerprint density at radius 1 is 1.38 bits per heavy atom. The number of carbonyl (C=O) groups excluding carboxylic acids is 2. The maximum atomic E-state index is 12.7. The summed E-state index contributed by atoms with van der Waals surface area (Å²) in [7, 11) is -3.92. The standard InChI is InChI=1S/C13H17N3O4S/c1-8-5-10(6-14)3-4-11(8)21(19,20)16-7-12(17)15-13(18)9(16)2/h3-5,9H,6-7,14H2,1-2H3,(H,15,17,18). The summed E-state index contributed by atoms with van der Waals surface area (Å²) >= 11 is 0. The van der Waals surface area contributed by atoms with Gasteiger partial charge < -0.3 is 5.73 Å². The molecule has 1 unspecified atom stereocenters. The summed E-state index contributed by atoms with van der Waals surface area (Å²) in [5, 5.41) is 2.11. The van der Waals surface area contributed by atoms with Gasteiger partial charge in [0.2, 0.25) is 21.8 Å². The van der Waals surface area contributed by atoms with Crippen molar-refractivity contribution in [2.24, 2.45) is 5.73 Å². The lowest BCUT2D eigenvalue weighted by molar-refractivity contribution is -0.136. The molecule has 1 saturated heterocycles. The topological polar surface area (TPSA) is 110 Å². The van der Waals surface area contributed by atoms with E-state index >= 15 is 0 Å². The average molecular weight is 311 g/mol. The van der Waals surface area contributed by atoms with Gasteiger partial charge in [0.1, 0.15) is 6.04 Å². The molecule has 1 fully saturated rings. The van der Waals surface area contributed by atoms with Crippen molar-refractivity contribution >= 4 is 21.8 Å². The van der Waals surface area contributed by atoms with Gasteiger partial charge in [-0.15, -0.1) is 0 Å². The molecule has 21 heavy (non-hydrogen) atoms. The fraction of sp³-hybridized carbons (Fsp3) is 0.385. The number of hydrogen-bond donors (Lipinski definition) is 2. The minimum absolute atomic E-state index is 0.0778. The highest BCUT2D eigenvalue weighted by molar-refractivity contribution is 7.89. The lowest BCUT2D eigenvalue weighted by Gasteiger charge is -2.31. The Bertz CT molecular complexity index is 699. The van der Waals surface area contributed by atoms with Crippen molar-refractivity contribution in [3.63, 3.8) is 0 Å². The zero-order valence-corrected chi connectivity index (χ0v) is 12.6. The van der Waals surface area contributed by atoms with Crippen LogP contribution in [0, 0.1) is 6.92 Å². The summed E-state index contributed by atoms with van der Waals surface area (Å²) in [5.41, 5.74) is 6.86. The first kappa shape index (κ1) is 15.6. The van der Waals surface area contributed by atoms with E-state index in [2.05, 4.69) is 5.32 Å². The monoisotopic (exact) mass is 311 g/mol. The Morgan fingerprint density at radius 3 is 2.62 bits per heavy atom. The number of carbonyl (C=O) groups is 2. The van der Waals surface area contributed by atoms with E-state index in [4.69, 9.17) is 5.73 Å². The van der Waals surface area contributed by atoms with Crippen LogP contribution in [0.1, 0.15) is 18.1 Å². The Hall–Kier alpha value is -1.77. The highest BCUT2D eigenvalue weighted by Crippen LogP contribution is 2.23. The Balaban J connectivity index is 2.46. The van der Waals surface area contributed by atoms with Gasteiger partial charge in [-0.3, -0.25) is 14.9 Å². The molecule has 7 nitrogen and oxygen atoms in total. The molecule has 0 aliphatic carbocycles. The Labute approximate surface area is 123 Å². The maximum Gasteiger partial charge on any atom is 0.244 e. The van der Waals surface area contributed by atoms with Crippen molar-refractivity contribution in [2.75, 3.05) is 6.54 Å². The fourth-order valence-electron chi connectivity index (χ4n) is 2.24. The number of nitrogens with one attached hydrogen (secondary N) is 1. The lowest BCUT2D eigenvalue weighted by atomic mass is 10.1. The largest absolute Gasteiger partial charge is 0.326 e. The second-order valence-electron chi connectivity index (χ2n) is 4.94. The number of nitrogens with two attached hydrogens (primary N) is 1. The fourth-order valence-corrected chi connectivity index (χ4v) is 4.00. The Morgan fingerprint density at radius 2 is 2.05 bits per heavy atom. The molecular formula is C13H17N3O4S. The van der Waals surface area contributed by atoms with Gasteiger partial charge in [0.25, 0.3) is 0 Å². The summed E-state index contributed by atoms with van der Waals surface area (Å²) in [6.45, 7) is 3.04. The second kappa shape index (κ2) is 5.55. The summed E-state index contributed by atoms with van der Waals surface area (Å²) in [6.07, 6.45) is 0. The van der Waals surface area contributed by atoms with Crippen LogP contribution in [0.25, 0.3) is 0 Å². The SMILES string of the molecule is Cc1cc(CN)ccc1S(=O)(=O)N1CC(=O)NC(=O)C1C. The number of piperazine rings is 1. The molecule has 1 atom stereocenters. The van der Waals surface area contributed by atoms with Gasteiger partial charge in [0, 0.05) is 6.54 Å². The zero-order valence-electron chi connectivity index (χ0n) is 11.8. The maximum absolute atomic E-state index is 12.7. The molecule has 0 bridgehead atoms. The number of rotatable bonds is 3. The van der Waals surface area contributed by atoms with Gasteiger partial charge in [-0.05, 0) is 31.0 Å². The van der Waals surface area contributed by atoms with E-state index < -0.39 is 27.9 Å². The van der Waals surface area contributed by atoms with Crippen LogP contribution in [0.2, 0.25) is 0 Å². The van der Waals surface area contributed by atoms with Gasteiger partial charge >= 0.3 is 0 Å². The number of imide groups is 1. The smallest absolute Gasteiger partial charge is 0.244 e. The van der Waals surface area contributed by atoms with Crippen molar-refractivity contribution in [2.45, 2.75) is 31.3 Å². The van der Waals surface area contributed by atoms with Crippen molar-refractivity contribution in [1.82, 2.24) is 9.62 Å². The van der Waals surface area contributed by atoms with Crippen molar-refractivity contribution in [3.8, 4) is 0 Å². The number of nitrogens with zero attached hydrogens (tertiary/aromatic N) is 1. The third kappa shape index (κ3) is 2.82. The predicted octanol–water partition coefficient (Wildman–Crippen LogP) is -0.511. The van der Waals surface area contributed by atoms with Gasteiger partial charge in [0.05, 0.1) is 11.4 Å². The van der Waals surface area contributed by atoms with E-state index in [1.54, 1.807) is 19.1 Å². The summed E-state index contributed by atoms with van der Waals surface area (Å²) in [4.78, 5) is 23.1. The van der Waals surface area contributed by atoms with Crippen LogP contribution < -0.4 is 11.1 Å². The molecule has 114 valence electrons. The van der Waals surface area contributed by atoms with E-state index in [0.717, 1.165) is 9.87 Å². The molecule has 2 rings (SSSR count). The molecule has 1 aliphatic heterocycles. The van der Waals surface area contributed by atoms with E-state index in [0.29, 0.717) is 12.1 Å². The quantitative estimate of drug-likeness (QED) is 0.731. The van der Waals surface area contributed by atoms with Crippen LogP contribution in [0.5, 0.6) is 0 Å². The van der Waals surface area contributed by atoms with Gasteiger partial charge in [-0.2, -0.15) is 4.31 Å². The summed E-state index contributed by atoms with van der Waals surface area (Å²) < 4.78 is 26.3. The highest BCUT2D eigenvalue weighted by atomic mass is 32.2. The van der Waals surface area contributed by atoms with Gasteiger partial charge in [0.15, 0.2) is 0 Å². The number of aryl methyl sites for hydroxylation is 1. The summed E-state index contributed by atoms with van der Waals surface area (Å²) in [6, 6.07) is 3.83. The highest BCUT2D eigenvalue weighted by Gasteiger charge is 2.39. The first-order chi connectivity index (χ1) is 9.77. The molecule has 1 aliphatic rings. The molecule has 1 aromatic rings. The van der Waals surface area contributed by atoms with Gasteiger partial charge in [-0.1, -0.05) is 12.1 Å². The molecule has 0 saturated carbocycles. The normalized spacial score (nSPS) is 20.4. The zero-order chi connectivity index (χ0) is 15.8. The summed E-state index contributed by atoms with van der Waals surface area (Å²) in [5.74, 6) is -1.25. The first-order valence-electron chi connectivity index (χ1n) is 6.42. The first-order valence-corrected chi connectivity index (χ1v) is 7.86. The van der Waals surface area contributed by atoms with Gasteiger partial charge in [-0.25, -0.2) is 8.42 Å². The number of amides is 2. The minimum atomic E-state index is -3.92. The minimum Gasteiger partial charge on any atom is -0.326 e. The predicted molar refractivity (Wildman–Crippen MR) is 75.6 cm³/mol. The van der Waals surface area contributed by atoms with Crippen LogP contribution in [0.15, 0.2) is 23.1 Å². The average Bonchev–Trinajstić information content (AvgIpc) is 2.42. The van der Waals surface area contributed by atoms with Crippen LogP contribution in [-0.4, -0.2) is 37.1 Å². The number of sulfonamides is 1. The van der Waals surface area contributed by atoms with Crippen LogP contribution in [0.3, 0.4) is 0 Å². The third-order valence-electron chi connectivity index (χ3n) is 3.44. The lowest BCUT2D eigenvalue weighted by Crippen LogP contribution is -2.58. The van der Waals surface area contributed by atoms with E-state index in [-0.39, 0.29) is 11.4 Å². The third-order valence-corrected chi connectivity index (χ3v) is 5.51. The molecule has 0 radical (unpaired) electrons. The van der Waals surface area contributed by atoms with Crippen molar-refractivity contribution in [1.29, 1.82) is 0 Å². The van der Waals surface area contributed by atoms with E-state index in [9.17, 15) is 18.0 Å². The number of benzene rings is 1. The number of hydrogen-bond acceptors (Lipinski definition) is 5. The second-order valence-corrected chi connectivity index (χ2v) is 6.80. The molecule has 8 heteroatoms. The molecule has 0 spiro atoms. The van der Waals surface area contributed by atoms with Crippen LogP contribution in [-0.2, 0) is 26.2 Å². The van der Waals surface area contributed by atoms with E-state index in [1.165, 1.54) is 13.0 Å². The molecular weight excluding hydrogens is 294 g/mol. The van der Waals surface area contributed by atoms with Crippen LogP contribution in [0.4, 0.5) is 0 Å². The van der Waals surface area contributed by atoms with E-state index in [1.807, 2.05) is 0 Å². The van der Waals surface area contributed by atoms with Crippen molar-refractivity contribution in [3.05, 3.63) is 29.3 Å². The van der Waals surface area contributed by atoms with Crippen molar-refractivity contribution < 1.29 is 18.0 Å². The molecule has 0 aromatic heterocycles. The Kier molecular flexibility index (Phi) is 4.13. The van der Waals surface area contributed by atoms with Crippen LogP contribution >= 0.6 is 0 Å². The molecule has 3 N–H and O–H groups in total. The molecule has 1 heterocycles. The molecule has 1 aromatic carbocycles. The molecule has 2 amide bonds.